The van der Waals surface area contributed by atoms with Crippen LogP contribution in [0.2, 0.25) is 0 Å². The molecule has 0 saturated carbocycles. The van der Waals surface area contributed by atoms with E-state index in [-0.39, 0.29) is 5.91 Å². The molecule has 0 aliphatic heterocycles. The maximum atomic E-state index is 11.3. The van der Waals surface area contributed by atoms with Gasteiger partial charge in [0.15, 0.2) is 0 Å². The maximum absolute atomic E-state index is 11.3. The number of hydrogen-bond acceptors (Lipinski definition) is 4. The first-order chi connectivity index (χ1) is 7.26. The minimum Gasteiger partial charge on any atom is -0.382 e. The third-order valence-corrected chi connectivity index (χ3v) is 1.86. The number of nitriles is 1. The van der Waals surface area contributed by atoms with E-state index in [1.807, 2.05) is 13.0 Å². The molecule has 0 bridgehead atoms. The van der Waals surface area contributed by atoms with E-state index in [0.29, 0.717) is 32.8 Å². The predicted molar refractivity (Wildman–Crippen MR) is 55.1 cm³/mol. The molecule has 1 unspecified atom stereocenters. The highest BCUT2D eigenvalue weighted by atomic mass is 16.5. The molecule has 5 nitrogen and oxygen atoms in total. The minimum atomic E-state index is -0.552. The monoisotopic (exact) mass is 214 g/mol. The molecule has 0 aliphatic rings. The zero-order chi connectivity index (χ0) is 11.5. The van der Waals surface area contributed by atoms with Crippen LogP contribution < -0.4 is 5.32 Å². The first-order valence-electron chi connectivity index (χ1n) is 5.00. The van der Waals surface area contributed by atoms with Crippen molar-refractivity contribution in [3.8, 4) is 6.07 Å². The lowest BCUT2D eigenvalue weighted by Crippen LogP contribution is -2.32. The van der Waals surface area contributed by atoms with Gasteiger partial charge < -0.3 is 14.8 Å². The number of methoxy groups -OCH3 is 1. The molecule has 1 N–H and O–H groups in total. The quantitative estimate of drug-likeness (QED) is 0.590. The van der Waals surface area contributed by atoms with Crippen molar-refractivity contribution in [3.05, 3.63) is 0 Å². The number of hydrogen-bond donors (Lipinski definition) is 1. The van der Waals surface area contributed by atoms with E-state index in [9.17, 15) is 4.79 Å². The van der Waals surface area contributed by atoms with Crippen LogP contribution in [0.25, 0.3) is 0 Å². The Bertz CT molecular complexity index is 213. The summed E-state index contributed by atoms with van der Waals surface area (Å²) in [6.07, 6.45) is 0.535. The first kappa shape index (κ1) is 13.9. The van der Waals surface area contributed by atoms with Crippen molar-refractivity contribution in [2.75, 3.05) is 33.5 Å². The van der Waals surface area contributed by atoms with Gasteiger partial charge in [0.25, 0.3) is 0 Å². The van der Waals surface area contributed by atoms with Crippen LogP contribution in [-0.2, 0) is 14.3 Å². The van der Waals surface area contributed by atoms with Crippen molar-refractivity contribution in [3.63, 3.8) is 0 Å². The lowest BCUT2D eigenvalue weighted by molar-refractivity contribution is -0.123. The normalized spacial score (nSPS) is 11.8. The Labute approximate surface area is 90.4 Å². The van der Waals surface area contributed by atoms with Gasteiger partial charge in [0.2, 0.25) is 5.91 Å². The Hall–Kier alpha value is -1.12. The van der Waals surface area contributed by atoms with Crippen molar-refractivity contribution >= 4 is 5.91 Å². The Morgan fingerprint density at radius 1 is 1.47 bits per heavy atom. The van der Waals surface area contributed by atoms with E-state index in [2.05, 4.69) is 5.32 Å². The van der Waals surface area contributed by atoms with Crippen LogP contribution in [-0.4, -0.2) is 39.4 Å². The van der Waals surface area contributed by atoms with Gasteiger partial charge in [-0.15, -0.1) is 0 Å². The maximum Gasteiger partial charge on any atom is 0.237 e. The molecule has 5 heteroatoms. The smallest absolute Gasteiger partial charge is 0.237 e. The second kappa shape index (κ2) is 9.44. The molecule has 0 heterocycles. The second-order valence-electron chi connectivity index (χ2n) is 2.99. The SMILES string of the molecule is CCC(C#N)C(=O)NCCOCCOC. The molecule has 15 heavy (non-hydrogen) atoms. The van der Waals surface area contributed by atoms with E-state index in [1.54, 1.807) is 7.11 Å². The molecular formula is C10H18N2O3. The molecule has 0 aromatic rings. The summed E-state index contributed by atoms with van der Waals surface area (Å²) < 4.78 is 9.94. The van der Waals surface area contributed by atoms with Crippen LogP contribution in [0.5, 0.6) is 0 Å². The molecule has 0 radical (unpaired) electrons. The average molecular weight is 214 g/mol. The lowest BCUT2D eigenvalue weighted by atomic mass is 10.1. The standard InChI is InChI=1S/C10H18N2O3/c1-3-9(8-11)10(13)12-4-5-15-7-6-14-2/h9H,3-7H2,1-2H3,(H,12,13). The van der Waals surface area contributed by atoms with E-state index in [1.165, 1.54) is 0 Å². The molecule has 0 saturated heterocycles. The van der Waals surface area contributed by atoms with Crippen LogP contribution in [0.15, 0.2) is 0 Å². The summed E-state index contributed by atoms with van der Waals surface area (Å²) in [4.78, 5) is 11.3. The Morgan fingerprint density at radius 3 is 2.73 bits per heavy atom. The molecule has 0 fully saturated rings. The third kappa shape index (κ3) is 6.89. The number of rotatable bonds is 8. The lowest BCUT2D eigenvalue weighted by Gasteiger charge is -2.08. The van der Waals surface area contributed by atoms with E-state index in [4.69, 9.17) is 14.7 Å². The third-order valence-electron chi connectivity index (χ3n) is 1.86. The molecule has 1 atom stereocenters. The van der Waals surface area contributed by atoms with Crippen LogP contribution >= 0.6 is 0 Å². The number of nitrogens with zero attached hydrogens (tertiary/aromatic N) is 1. The van der Waals surface area contributed by atoms with Crippen molar-refractivity contribution in [1.82, 2.24) is 5.32 Å². The predicted octanol–water partition coefficient (Wildman–Crippen LogP) is 0.315. The minimum absolute atomic E-state index is 0.227. The van der Waals surface area contributed by atoms with E-state index >= 15 is 0 Å². The van der Waals surface area contributed by atoms with Gasteiger partial charge in [-0.25, -0.2) is 0 Å². The highest BCUT2D eigenvalue weighted by Crippen LogP contribution is 1.99. The van der Waals surface area contributed by atoms with Crippen molar-refractivity contribution in [2.45, 2.75) is 13.3 Å². The molecular weight excluding hydrogens is 196 g/mol. The number of carbonyl (C=O) groups is 1. The first-order valence-corrected chi connectivity index (χ1v) is 5.00. The molecule has 0 spiro atoms. The number of nitrogens with one attached hydrogen (secondary N) is 1. The summed E-state index contributed by atoms with van der Waals surface area (Å²) in [5.74, 6) is -0.778. The Morgan fingerprint density at radius 2 is 2.20 bits per heavy atom. The fraction of sp³-hybridized carbons (Fsp3) is 0.800. The number of carbonyl (C=O) groups excluding carboxylic acids is 1. The van der Waals surface area contributed by atoms with Crippen LogP contribution in [0, 0.1) is 17.2 Å². The fourth-order valence-electron chi connectivity index (χ4n) is 0.949. The van der Waals surface area contributed by atoms with Crippen molar-refractivity contribution in [1.29, 1.82) is 5.26 Å². The highest BCUT2D eigenvalue weighted by molar-refractivity contribution is 5.80. The zero-order valence-corrected chi connectivity index (χ0v) is 9.28. The second-order valence-corrected chi connectivity index (χ2v) is 2.99. The summed E-state index contributed by atoms with van der Waals surface area (Å²) in [5.41, 5.74) is 0. The van der Waals surface area contributed by atoms with Crippen LogP contribution in [0.3, 0.4) is 0 Å². The van der Waals surface area contributed by atoms with E-state index in [0.717, 1.165) is 0 Å². The van der Waals surface area contributed by atoms with Gasteiger partial charge in [0, 0.05) is 13.7 Å². The zero-order valence-electron chi connectivity index (χ0n) is 9.28. The summed E-state index contributed by atoms with van der Waals surface area (Å²) in [5, 5.41) is 11.2. The van der Waals surface area contributed by atoms with Crippen LogP contribution in [0.4, 0.5) is 0 Å². The van der Waals surface area contributed by atoms with Gasteiger partial charge in [-0.2, -0.15) is 5.26 Å². The largest absolute Gasteiger partial charge is 0.382 e. The molecule has 1 amide bonds. The number of amides is 1. The van der Waals surface area contributed by atoms with Gasteiger partial charge in [0.05, 0.1) is 25.9 Å². The molecule has 86 valence electrons. The Kier molecular flexibility index (Phi) is 8.73. The van der Waals surface area contributed by atoms with Gasteiger partial charge in [-0.1, -0.05) is 6.92 Å². The van der Waals surface area contributed by atoms with Gasteiger partial charge in [0.1, 0.15) is 5.92 Å². The summed E-state index contributed by atoms with van der Waals surface area (Å²) in [7, 11) is 1.60. The summed E-state index contributed by atoms with van der Waals surface area (Å²) >= 11 is 0. The van der Waals surface area contributed by atoms with E-state index < -0.39 is 5.92 Å². The average Bonchev–Trinajstić information content (AvgIpc) is 2.25. The van der Waals surface area contributed by atoms with Gasteiger partial charge in [-0.3, -0.25) is 4.79 Å². The van der Waals surface area contributed by atoms with Crippen molar-refractivity contribution < 1.29 is 14.3 Å². The molecule has 0 aliphatic carbocycles. The Balaban J connectivity index is 3.43. The van der Waals surface area contributed by atoms with Crippen LogP contribution in [0.1, 0.15) is 13.3 Å². The summed E-state index contributed by atoms with van der Waals surface area (Å²) in [6, 6.07) is 1.94. The van der Waals surface area contributed by atoms with Gasteiger partial charge >= 0.3 is 0 Å². The highest BCUT2D eigenvalue weighted by Gasteiger charge is 2.13. The van der Waals surface area contributed by atoms with Crippen molar-refractivity contribution in [2.24, 2.45) is 5.92 Å². The van der Waals surface area contributed by atoms with Gasteiger partial charge in [-0.05, 0) is 6.42 Å². The molecule has 0 aromatic heterocycles. The number of ether oxygens (including phenoxy) is 2. The summed E-state index contributed by atoms with van der Waals surface area (Å²) in [6.45, 7) is 3.74. The molecule has 0 aromatic carbocycles. The topological polar surface area (TPSA) is 71.4 Å². The fourth-order valence-corrected chi connectivity index (χ4v) is 0.949. The molecule has 0 rings (SSSR count).